The number of nitrogens with two attached hydrogens (primary N) is 1. The first-order chi connectivity index (χ1) is 13.9. The van der Waals surface area contributed by atoms with Gasteiger partial charge < -0.3 is 35.2 Å². The Morgan fingerprint density at radius 1 is 1.23 bits per heavy atom. The average Bonchev–Trinajstić information content (AvgIpc) is 2.55. The maximum Gasteiger partial charge on any atom is 0.490 e. The first-order valence-electron chi connectivity index (χ1n) is 7.64. The summed E-state index contributed by atoms with van der Waals surface area (Å²) in [5.74, 6) is -3.91. The van der Waals surface area contributed by atoms with Crippen LogP contribution in [0.3, 0.4) is 0 Å². The maximum atomic E-state index is 14.9. The summed E-state index contributed by atoms with van der Waals surface area (Å²) in [6, 6.07) is 1.05. The molecule has 1 aromatic rings. The summed E-state index contributed by atoms with van der Waals surface area (Å²) >= 11 is 0. The standard InChI is InChI=1S/C10H18F2N3O13P3/c1-6(11)10(12,26-8(4-16)15-3-2-7(13)14-9(15)17)5-25-30(21,22)28-31(23,24)27-29(18,19)20/h2-3,6,8,16H,4-5H2,1H3,(H,21,22)(H,23,24)(H2,13,14,17)(H2,18,19,20)/t6-,8+,10+/m0/s1. The zero-order valence-corrected chi connectivity index (χ0v) is 18.0. The Labute approximate surface area is 171 Å². The number of alkyl halides is 2. The van der Waals surface area contributed by atoms with Crippen molar-refractivity contribution in [3.63, 3.8) is 0 Å². The highest BCUT2D eigenvalue weighted by molar-refractivity contribution is 7.66. The molecule has 7 N–H and O–H groups in total. The molecule has 1 heterocycles. The molecule has 0 aliphatic rings. The number of aromatic nitrogens is 2. The van der Waals surface area contributed by atoms with Gasteiger partial charge in [-0.15, -0.1) is 0 Å². The van der Waals surface area contributed by atoms with Crippen LogP contribution in [0.4, 0.5) is 14.6 Å². The second-order valence-electron chi connectivity index (χ2n) is 5.56. The Morgan fingerprint density at radius 2 is 1.81 bits per heavy atom. The minimum atomic E-state index is -5.90. The Morgan fingerprint density at radius 3 is 2.26 bits per heavy atom. The Hall–Kier alpha value is -1.13. The van der Waals surface area contributed by atoms with Crippen LogP contribution in [0.5, 0.6) is 0 Å². The van der Waals surface area contributed by atoms with Crippen molar-refractivity contribution in [3.8, 4) is 0 Å². The summed E-state index contributed by atoms with van der Waals surface area (Å²) in [6.45, 7) is -2.40. The van der Waals surface area contributed by atoms with Crippen LogP contribution in [-0.2, 0) is 31.6 Å². The zero-order chi connectivity index (χ0) is 24.3. The Balaban J connectivity index is 3.01. The van der Waals surface area contributed by atoms with Gasteiger partial charge in [0.15, 0.2) is 12.4 Å². The molecule has 0 spiro atoms. The van der Waals surface area contributed by atoms with Crippen molar-refractivity contribution in [2.24, 2.45) is 0 Å². The van der Waals surface area contributed by atoms with E-state index in [9.17, 15) is 37.3 Å². The molecule has 0 aromatic carbocycles. The lowest BCUT2D eigenvalue weighted by molar-refractivity contribution is -0.252. The molecule has 2 unspecified atom stereocenters. The first kappa shape index (κ1) is 27.9. The van der Waals surface area contributed by atoms with Crippen molar-refractivity contribution in [1.29, 1.82) is 0 Å². The fraction of sp³-hybridized carbons (Fsp3) is 0.600. The van der Waals surface area contributed by atoms with Crippen molar-refractivity contribution in [2.45, 2.75) is 25.2 Å². The number of aliphatic hydroxyl groups is 1. The molecule has 1 rings (SSSR count). The van der Waals surface area contributed by atoms with Gasteiger partial charge in [-0.1, -0.05) is 0 Å². The monoisotopic (exact) mass is 519 g/mol. The second kappa shape index (κ2) is 10.2. The van der Waals surface area contributed by atoms with Gasteiger partial charge in [0.05, 0.1) is 6.61 Å². The molecule has 0 saturated heterocycles. The number of phosphoric ester groups is 1. The van der Waals surface area contributed by atoms with Gasteiger partial charge >= 0.3 is 29.2 Å². The van der Waals surface area contributed by atoms with E-state index in [0.29, 0.717) is 11.5 Å². The van der Waals surface area contributed by atoms with E-state index in [1.54, 1.807) is 0 Å². The van der Waals surface area contributed by atoms with Crippen molar-refractivity contribution in [1.82, 2.24) is 9.55 Å². The van der Waals surface area contributed by atoms with E-state index < -0.39 is 60.6 Å². The number of nitrogens with zero attached hydrogens (tertiary/aromatic N) is 2. The fourth-order valence-corrected chi connectivity index (χ4v) is 4.80. The molecule has 1 aromatic heterocycles. The number of ether oxygens (including phenoxy) is 1. The topological polar surface area (TPSA) is 250 Å². The van der Waals surface area contributed by atoms with Gasteiger partial charge in [0.2, 0.25) is 0 Å². The lowest BCUT2D eigenvalue weighted by Crippen LogP contribution is -2.45. The molecular weight excluding hydrogens is 501 g/mol. The predicted octanol–water partition coefficient (Wildman–Crippen LogP) is -0.300. The van der Waals surface area contributed by atoms with Crippen LogP contribution < -0.4 is 11.4 Å². The summed E-state index contributed by atoms with van der Waals surface area (Å²) < 4.78 is 78.2. The van der Waals surface area contributed by atoms with Crippen LogP contribution >= 0.6 is 23.5 Å². The summed E-state index contributed by atoms with van der Waals surface area (Å²) in [5, 5.41) is 9.34. The van der Waals surface area contributed by atoms with Gasteiger partial charge in [-0.25, -0.2) is 27.3 Å². The molecule has 0 saturated carbocycles. The fourth-order valence-electron chi connectivity index (χ4n) is 1.77. The highest BCUT2D eigenvalue weighted by Crippen LogP contribution is 2.66. The van der Waals surface area contributed by atoms with Crippen LogP contribution in [-0.4, -0.2) is 59.5 Å². The molecule has 0 aliphatic carbocycles. The van der Waals surface area contributed by atoms with Crippen LogP contribution in [0.2, 0.25) is 0 Å². The summed E-state index contributed by atoms with van der Waals surface area (Å²) in [7, 11) is -17.4. The lowest BCUT2D eigenvalue weighted by Gasteiger charge is -2.31. The van der Waals surface area contributed by atoms with Crippen LogP contribution in [0.15, 0.2) is 17.1 Å². The minimum absolute atomic E-state index is 0.240. The predicted molar refractivity (Wildman–Crippen MR) is 94.3 cm³/mol. The van der Waals surface area contributed by atoms with E-state index in [-0.39, 0.29) is 5.82 Å². The van der Waals surface area contributed by atoms with Gasteiger partial charge in [0, 0.05) is 6.20 Å². The summed E-state index contributed by atoms with van der Waals surface area (Å²) in [5.41, 5.74) is 4.13. The molecule has 180 valence electrons. The highest BCUT2D eigenvalue weighted by Gasteiger charge is 2.46. The van der Waals surface area contributed by atoms with Crippen LogP contribution in [0.25, 0.3) is 0 Å². The van der Waals surface area contributed by atoms with Gasteiger partial charge in [-0.3, -0.25) is 9.09 Å². The van der Waals surface area contributed by atoms with Crippen molar-refractivity contribution in [2.75, 3.05) is 18.9 Å². The lowest BCUT2D eigenvalue weighted by atomic mass is 10.2. The van der Waals surface area contributed by atoms with E-state index in [4.69, 9.17) is 20.4 Å². The van der Waals surface area contributed by atoms with Gasteiger partial charge in [-0.05, 0) is 13.0 Å². The van der Waals surface area contributed by atoms with Gasteiger partial charge in [0.1, 0.15) is 12.4 Å². The van der Waals surface area contributed by atoms with Gasteiger partial charge in [-0.2, -0.15) is 13.6 Å². The van der Waals surface area contributed by atoms with E-state index in [0.717, 1.165) is 12.3 Å². The number of hydrogen-bond acceptors (Lipinski definition) is 11. The van der Waals surface area contributed by atoms with Crippen molar-refractivity contribution >= 4 is 29.3 Å². The molecule has 5 atom stereocenters. The number of hydrogen-bond donors (Lipinski definition) is 6. The quantitative estimate of drug-likeness (QED) is 0.194. The van der Waals surface area contributed by atoms with Crippen LogP contribution in [0, 0.1) is 0 Å². The summed E-state index contributed by atoms with van der Waals surface area (Å²) in [6.07, 6.45) is -3.68. The third-order valence-corrected chi connectivity index (χ3v) is 6.87. The van der Waals surface area contributed by atoms with Gasteiger partial charge in [0.25, 0.3) is 5.85 Å². The SMILES string of the molecule is C[C@H](F)[C@@](F)(COP(=O)(O)OP(=O)(O)OP(=O)(O)O)O[C@H](CO)n1ccc(N)nc1=O. The highest BCUT2D eigenvalue weighted by atomic mass is 31.3. The van der Waals surface area contributed by atoms with E-state index in [2.05, 4.69) is 22.9 Å². The first-order valence-corrected chi connectivity index (χ1v) is 12.2. The number of nitrogen functional groups attached to an aromatic ring is 1. The third kappa shape index (κ3) is 9.10. The number of aliphatic hydroxyl groups excluding tert-OH is 1. The normalized spacial score (nSPS) is 20.3. The molecule has 0 fully saturated rings. The van der Waals surface area contributed by atoms with E-state index >= 15 is 0 Å². The zero-order valence-electron chi connectivity index (χ0n) is 15.3. The minimum Gasteiger partial charge on any atom is -0.392 e. The largest absolute Gasteiger partial charge is 0.490 e. The molecule has 31 heavy (non-hydrogen) atoms. The molecule has 0 aliphatic heterocycles. The molecule has 21 heteroatoms. The number of rotatable bonds is 12. The molecule has 16 nitrogen and oxygen atoms in total. The number of phosphoric acid groups is 3. The molecular formula is C10H18F2N3O13P3. The average molecular weight is 519 g/mol. The molecule has 0 amide bonds. The third-order valence-electron chi connectivity index (χ3n) is 3.08. The van der Waals surface area contributed by atoms with E-state index in [1.165, 1.54) is 0 Å². The Bertz CT molecular complexity index is 970. The smallest absolute Gasteiger partial charge is 0.392 e. The Kier molecular flexibility index (Phi) is 9.19. The van der Waals surface area contributed by atoms with Crippen molar-refractivity contribution < 1.29 is 65.0 Å². The van der Waals surface area contributed by atoms with Crippen molar-refractivity contribution in [3.05, 3.63) is 22.7 Å². The van der Waals surface area contributed by atoms with Crippen LogP contribution in [0.1, 0.15) is 13.2 Å². The molecule has 0 radical (unpaired) electrons. The molecule has 0 bridgehead atoms. The maximum absolute atomic E-state index is 14.9. The summed E-state index contributed by atoms with van der Waals surface area (Å²) in [4.78, 5) is 50.3. The number of anilines is 1. The van der Waals surface area contributed by atoms with E-state index in [1.807, 2.05) is 0 Å². The number of halogens is 2. The second-order valence-corrected chi connectivity index (χ2v) is 9.98.